The summed E-state index contributed by atoms with van der Waals surface area (Å²) in [5.41, 5.74) is 0.863. The van der Waals surface area contributed by atoms with Gasteiger partial charge in [0.25, 0.3) is 0 Å². The van der Waals surface area contributed by atoms with Crippen LogP contribution in [0, 0.1) is 13.8 Å². The van der Waals surface area contributed by atoms with Crippen LogP contribution in [0.5, 0.6) is 0 Å². The third-order valence-corrected chi connectivity index (χ3v) is 4.75. The molecule has 1 aromatic heterocycles. The van der Waals surface area contributed by atoms with Gasteiger partial charge in [-0.05, 0) is 20.8 Å². The molecule has 8 heteroatoms. The molecule has 1 fully saturated rings. The second-order valence-electron chi connectivity index (χ2n) is 5.25. The number of aliphatic hydroxyl groups is 1. The Balaban J connectivity index is 2.07. The van der Waals surface area contributed by atoms with Gasteiger partial charge in [0, 0.05) is 17.8 Å². The zero-order valence-corrected chi connectivity index (χ0v) is 13.0. The largest absolute Gasteiger partial charge is 0.480 e. The molecule has 1 aliphatic heterocycles. The van der Waals surface area contributed by atoms with E-state index in [1.54, 1.807) is 0 Å². The molecule has 7 nitrogen and oxygen atoms in total. The van der Waals surface area contributed by atoms with Crippen molar-refractivity contribution < 1.29 is 19.8 Å². The fourth-order valence-electron chi connectivity index (χ4n) is 2.55. The number of hydrogen-bond donors (Lipinski definition) is 3. The molecule has 0 saturated carbocycles. The van der Waals surface area contributed by atoms with Crippen LogP contribution in [0.1, 0.15) is 35.0 Å². The van der Waals surface area contributed by atoms with Crippen LogP contribution in [0.25, 0.3) is 0 Å². The monoisotopic (exact) mass is 313 g/mol. The number of aryl methyl sites for hydroxylation is 2. The van der Waals surface area contributed by atoms with Crippen molar-refractivity contribution in [2.24, 2.45) is 0 Å². The van der Waals surface area contributed by atoms with E-state index in [0.717, 1.165) is 15.6 Å². The SMILES string of the molecule is Cc1nc(C)c(C(C)NC(=O)N2C[C@@H](O)C[C@H]2C(=O)O)s1. The number of carbonyl (C=O) groups is 2. The van der Waals surface area contributed by atoms with Crippen molar-refractivity contribution >= 4 is 23.3 Å². The average Bonchev–Trinajstić information content (AvgIpc) is 2.92. The Kier molecular flexibility index (Phi) is 4.48. The number of thiazole rings is 1. The van der Waals surface area contributed by atoms with Crippen molar-refractivity contribution in [1.82, 2.24) is 15.2 Å². The number of aliphatic hydroxyl groups excluding tert-OH is 1. The first-order chi connectivity index (χ1) is 9.79. The van der Waals surface area contributed by atoms with E-state index in [-0.39, 0.29) is 19.0 Å². The predicted molar refractivity (Wildman–Crippen MR) is 77.3 cm³/mol. The normalized spacial score (nSPS) is 23.1. The quantitative estimate of drug-likeness (QED) is 0.774. The number of carboxylic acids is 1. The number of nitrogens with one attached hydrogen (secondary N) is 1. The molecule has 1 unspecified atom stereocenters. The van der Waals surface area contributed by atoms with Crippen molar-refractivity contribution in [1.29, 1.82) is 0 Å². The number of aliphatic carboxylic acids is 1. The first kappa shape index (κ1) is 15.7. The molecule has 2 amide bonds. The summed E-state index contributed by atoms with van der Waals surface area (Å²) in [4.78, 5) is 29.8. The van der Waals surface area contributed by atoms with Gasteiger partial charge in [-0.15, -0.1) is 11.3 Å². The molecule has 21 heavy (non-hydrogen) atoms. The van der Waals surface area contributed by atoms with Crippen LogP contribution >= 0.6 is 11.3 Å². The van der Waals surface area contributed by atoms with Gasteiger partial charge in [-0.2, -0.15) is 0 Å². The van der Waals surface area contributed by atoms with Crippen molar-refractivity contribution in [3.05, 3.63) is 15.6 Å². The second-order valence-corrected chi connectivity index (χ2v) is 6.48. The first-order valence-corrected chi connectivity index (χ1v) is 7.53. The van der Waals surface area contributed by atoms with Crippen LogP contribution in [0.2, 0.25) is 0 Å². The van der Waals surface area contributed by atoms with E-state index in [4.69, 9.17) is 5.11 Å². The lowest BCUT2D eigenvalue weighted by Gasteiger charge is -2.24. The van der Waals surface area contributed by atoms with Crippen LogP contribution in [0.3, 0.4) is 0 Å². The minimum absolute atomic E-state index is 0.0379. The molecule has 1 saturated heterocycles. The van der Waals surface area contributed by atoms with E-state index in [1.807, 2.05) is 20.8 Å². The molecule has 0 aromatic carbocycles. The van der Waals surface area contributed by atoms with Crippen molar-refractivity contribution in [3.63, 3.8) is 0 Å². The van der Waals surface area contributed by atoms with Crippen LogP contribution < -0.4 is 5.32 Å². The summed E-state index contributed by atoms with van der Waals surface area (Å²) < 4.78 is 0. The molecule has 0 aliphatic carbocycles. The van der Waals surface area contributed by atoms with E-state index in [1.165, 1.54) is 16.2 Å². The van der Waals surface area contributed by atoms with Gasteiger partial charge in [0.05, 0.1) is 22.8 Å². The lowest BCUT2D eigenvalue weighted by Crippen LogP contribution is -2.46. The van der Waals surface area contributed by atoms with Crippen LogP contribution in [0.4, 0.5) is 4.79 Å². The summed E-state index contributed by atoms with van der Waals surface area (Å²) in [6.45, 7) is 5.64. The molecule has 2 heterocycles. The Hall–Kier alpha value is -1.67. The number of carbonyl (C=O) groups excluding carboxylic acids is 1. The summed E-state index contributed by atoms with van der Waals surface area (Å²) in [7, 11) is 0. The Morgan fingerprint density at radius 1 is 1.48 bits per heavy atom. The highest BCUT2D eigenvalue weighted by atomic mass is 32.1. The zero-order valence-electron chi connectivity index (χ0n) is 12.2. The van der Waals surface area contributed by atoms with Gasteiger partial charge < -0.3 is 20.4 Å². The van der Waals surface area contributed by atoms with E-state index in [0.29, 0.717) is 0 Å². The van der Waals surface area contributed by atoms with Gasteiger partial charge in [0.15, 0.2) is 0 Å². The minimum Gasteiger partial charge on any atom is -0.480 e. The summed E-state index contributed by atoms with van der Waals surface area (Å²) in [5, 5.41) is 22.4. The topological polar surface area (TPSA) is 103 Å². The fraction of sp³-hybridized carbons (Fsp3) is 0.615. The standard InChI is InChI=1S/C13H19N3O4S/c1-6-11(21-8(3)14-6)7(2)15-13(20)16-5-9(17)4-10(16)12(18)19/h7,9-10,17H,4-5H2,1-3H3,(H,15,20)(H,18,19)/t7?,9-,10-/m0/s1. The average molecular weight is 313 g/mol. The maximum absolute atomic E-state index is 12.2. The molecule has 0 radical (unpaired) electrons. The number of rotatable bonds is 3. The van der Waals surface area contributed by atoms with Crippen molar-refractivity contribution in [2.45, 2.75) is 45.4 Å². The van der Waals surface area contributed by atoms with Gasteiger partial charge in [-0.1, -0.05) is 0 Å². The third kappa shape index (κ3) is 3.33. The van der Waals surface area contributed by atoms with E-state index in [9.17, 15) is 14.7 Å². The number of aromatic nitrogens is 1. The van der Waals surface area contributed by atoms with Gasteiger partial charge in [0.1, 0.15) is 6.04 Å². The molecule has 0 spiro atoms. The van der Waals surface area contributed by atoms with Crippen molar-refractivity contribution in [3.8, 4) is 0 Å². The first-order valence-electron chi connectivity index (χ1n) is 6.71. The highest BCUT2D eigenvalue weighted by molar-refractivity contribution is 7.11. The number of nitrogens with zero attached hydrogens (tertiary/aromatic N) is 2. The Morgan fingerprint density at radius 2 is 2.14 bits per heavy atom. The number of carboxylic acid groups (broad SMARTS) is 1. The minimum atomic E-state index is -1.10. The summed E-state index contributed by atoms with van der Waals surface area (Å²) in [6, 6.07) is -1.70. The number of β-amino-alcohol motifs (C(OH)–C–C–N with tert-alkyl or cyclic N) is 1. The van der Waals surface area contributed by atoms with Crippen LogP contribution in [-0.2, 0) is 4.79 Å². The van der Waals surface area contributed by atoms with Gasteiger partial charge in [-0.25, -0.2) is 14.6 Å². The number of hydrogen-bond acceptors (Lipinski definition) is 5. The van der Waals surface area contributed by atoms with Crippen LogP contribution in [0.15, 0.2) is 0 Å². The molecule has 0 bridgehead atoms. The van der Waals surface area contributed by atoms with E-state index < -0.39 is 24.1 Å². The summed E-state index contributed by atoms with van der Waals surface area (Å²) in [6.07, 6.45) is -0.727. The molecule has 3 N–H and O–H groups in total. The molecule has 1 aliphatic rings. The third-order valence-electron chi connectivity index (χ3n) is 3.50. The maximum Gasteiger partial charge on any atom is 0.326 e. The predicted octanol–water partition coefficient (Wildman–Crippen LogP) is 1.05. The smallest absolute Gasteiger partial charge is 0.326 e. The van der Waals surface area contributed by atoms with Crippen LogP contribution in [-0.4, -0.2) is 50.8 Å². The Morgan fingerprint density at radius 3 is 2.67 bits per heavy atom. The highest BCUT2D eigenvalue weighted by Crippen LogP contribution is 2.25. The zero-order chi connectivity index (χ0) is 15.7. The van der Waals surface area contributed by atoms with Gasteiger partial charge in [0.2, 0.25) is 0 Å². The number of urea groups is 1. The van der Waals surface area contributed by atoms with E-state index in [2.05, 4.69) is 10.3 Å². The second kappa shape index (κ2) is 5.98. The molecular formula is C13H19N3O4S. The van der Waals surface area contributed by atoms with Gasteiger partial charge >= 0.3 is 12.0 Å². The van der Waals surface area contributed by atoms with E-state index >= 15 is 0 Å². The van der Waals surface area contributed by atoms with Crippen molar-refractivity contribution in [2.75, 3.05) is 6.54 Å². The summed E-state index contributed by atoms with van der Waals surface area (Å²) in [5.74, 6) is -1.10. The lowest BCUT2D eigenvalue weighted by atomic mass is 10.2. The maximum atomic E-state index is 12.2. The Bertz CT molecular complexity index is 560. The Labute approximate surface area is 126 Å². The number of likely N-dealkylation sites (tertiary alicyclic amines) is 1. The van der Waals surface area contributed by atoms with Gasteiger partial charge in [-0.3, -0.25) is 0 Å². The molecular weight excluding hydrogens is 294 g/mol. The summed E-state index contributed by atoms with van der Waals surface area (Å²) >= 11 is 1.50. The molecule has 1 aromatic rings. The molecule has 116 valence electrons. The molecule has 2 rings (SSSR count). The fourth-order valence-corrected chi connectivity index (χ4v) is 3.48. The highest BCUT2D eigenvalue weighted by Gasteiger charge is 2.39. The molecule has 3 atom stereocenters. The lowest BCUT2D eigenvalue weighted by molar-refractivity contribution is -0.141. The number of amides is 2.